The number of phenols is 1. The predicted molar refractivity (Wildman–Crippen MR) is 137 cm³/mol. The van der Waals surface area contributed by atoms with Gasteiger partial charge in [0.05, 0.1) is 24.1 Å². The molecule has 0 saturated carbocycles. The molecule has 0 saturated heterocycles. The zero-order chi connectivity index (χ0) is 25.1. The second kappa shape index (κ2) is 9.46. The SMILES string of the molecule is COc1cc(C=C(C#N)c2nn3c(-c4ccccc4)cc(-c4ccccc4)nc3c2C#N)ccc1O. The van der Waals surface area contributed by atoms with Crippen LogP contribution in [0.4, 0.5) is 0 Å². The number of nitriles is 2. The Morgan fingerprint density at radius 1 is 0.944 bits per heavy atom. The summed E-state index contributed by atoms with van der Waals surface area (Å²) in [5.74, 6) is 0.265. The molecule has 0 fully saturated rings. The molecule has 0 aliphatic heterocycles. The third-order valence-corrected chi connectivity index (χ3v) is 5.73. The van der Waals surface area contributed by atoms with Crippen LogP contribution in [0.1, 0.15) is 16.8 Å². The highest BCUT2D eigenvalue weighted by Crippen LogP contribution is 2.32. The van der Waals surface area contributed by atoms with E-state index in [1.807, 2.05) is 66.7 Å². The summed E-state index contributed by atoms with van der Waals surface area (Å²) < 4.78 is 6.78. The summed E-state index contributed by atoms with van der Waals surface area (Å²) in [7, 11) is 1.45. The van der Waals surface area contributed by atoms with Gasteiger partial charge in [0.2, 0.25) is 0 Å². The number of aromatic nitrogens is 3. The van der Waals surface area contributed by atoms with Crippen molar-refractivity contribution < 1.29 is 9.84 Å². The number of aromatic hydroxyl groups is 1. The maximum Gasteiger partial charge on any atom is 0.174 e. The summed E-state index contributed by atoms with van der Waals surface area (Å²) in [6, 6.07) is 30.4. The van der Waals surface area contributed by atoms with Gasteiger partial charge in [-0.05, 0) is 29.8 Å². The van der Waals surface area contributed by atoms with Crippen LogP contribution in [0, 0.1) is 22.7 Å². The molecule has 0 aliphatic carbocycles. The van der Waals surface area contributed by atoms with Gasteiger partial charge in [0.15, 0.2) is 17.1 Å². The van der Waals surface area contributed by atoms with Crippen molar-refractivity contribution >= 4 is 17.3 Å². The van der Waals surface area contributed by atoms with Gasteiger partial charge in [-0.1, -0.05) is 66.7 Å². The minimum atomic E-state index is -0.0104. The fraction of sp³-hybridized carbons (Fsp3) is 0.0345. The number of rotatable bonds is 5. The van der Waals surface area contributed by atoms with Crippen molar-refractivity contribution in [2.75, 3.05) is 7.11 Å². The van der Waals surface area contributed by atoms with Crippen LogP contribution < -0.4 is 4.74 Å². The van der Waals surface area contributed by atoms with E-state index in [4.69, 9.17) is 9.72 Å². The molecule has 2 aromatic heterocycles. The number of phenolic OH excluding ortho intramolecular Hbond substituents is 1. The molecule has 0 bridgehead atoms. The Balaban J connectivity index is 1.77. The Morgan fingerprint density at radius 3 is 2.28 bits per heavy atom. The monoisotopic (exact) mass is 469 g/mol. The lowest BCUT2D eigenvalue weighted by molar-refractivity contribution is 0.373. The highest BCUT2D eigenvalue weighted by Gasteiger charge is 2.21. The first-order valence-electron chi connectivity index (χ1n) is 11.1. The maximum atomic E-state index is 10.1. The minimum absolute atomic E-state index is 0.0104. The quantitative estimate of drug-likeness (QED) is 0.330. The minimum Gasteiger partial charge on any atom is -0.504 e. The zero-order valence-electron chi connectivity index (χ0n) is 19.3. The Hall–Kier alpha value is -5.40. The Kier molecular flexibility index (Phi) is 5.88. The molecule has 7 nitrogen and oxygen atoms in total. The van der Waals surface area contributed by atoms with Gasteiger partial charge in [-0.15, -0.1) is 0 Å². The lowest BCUT2D eigenvalue weighted by Gasteiger charge is -2.08. The summed E-state index contributed by atoms with van der Waals surface area (Å²) >= 11 is 0. The van der Waals surface area contributed by atoms with Gasteiger partial charge in [-0.3, -0.25) is 0 Å². The molecule has 5 aromatic rings. The molecule has 7 heteroatoms. The first-order chi connectivity index (χ1) is 17.6. The first kappa shape index (κ1) is 22.4. The largest absolute Gasteiger partial charge is 0.504 e. The van der Waals surface area contributed by atoms with E-state index in [1.54, 1.807) is 22.7 Å². The van der Waals surface area contributed by atoms with E-state index in [0.29, 0.717) is 16.9 Å². The molecule has 0 spiro atoms. The molecule has 0 atom stereocenters. The van der Waals surface area contributed by atoms with Crippen LogP contribution >= 0.6 is 0 Å². The molecule has 172 valence electrons. The van der Waals surface area contributed by atoms with Crippen LogP contribution in [0.3, 0.4) is 0 Å². The van der Waals surface area contributed by atoms with Gasteiger partial charge in [0.25, 0.3) is 0 Å². The molecular formula is C29H19N5O2. The van der Waals surface area contributed by atoms with Crippen molar-refractivity contribution in [2.24, 2.45) is 0 Å². The second-order valence-corrected chi connectivity index (χ2v) is 7.93. The van der Waals surface area contributed by atoms with Crippen molar-refractivity contribution in [2.45, 2.75) is 0 Å². The number of allylic oxidation sites excluding steroid dienone is 1. The normalized spacial score (nSPS) is 11.1. The van der Waals surface area contributed by atoms with Gasteiger partial charge in [-0.25, -0.2) is 9.50 Å². The van der Waals surface area contributed by atoms with Crippen molar-refractivity contribution in [1.82, 2.24) is 14.6 Å². The topological polar surface area (TPSA) is 107 Å². The van der Waals surface area contributed by atoms with E-state index in [2.05, 4.69) is 17.2 Å². The van der Waals surface area contributed by atoms with Gasteiger partial charge < -0.3 is 9.84 Å². The predicted octanol–water partition coefficient (Wildman–Crippen LogP) is 5.71. The molecule has 0 amide bonds. The van der Waals surface area contributed by atoms with Gasteiger partial charge in [0.1, 0.15) is 23.4 Å². The second-order valence-electron chi connectivity index (χ2n) is 7.93. The number of methoxy groups -OCH3 is 1. The molecule has 0 radical (unpaired) electrons. The highest BCUT2D eigenvalue weighted by molar-refractivity contribution is 5.92. The van der Waals surface area contributed by atoms with E-state index >= 15 is 0 Å². The van der Waals surface area contributed by atoms with Crippen LogP contribution in [-0.4, -0.2) is 26.8 Å². The van der Waals surface area contributed by atoms with E-state index < -0.39 is 0 Å². The van der Waals surface area contributed by atoms with Crippen LogP contribution in [0.2, 0.25) is 0 Å². The summed E-state index contributed by atoms with van der Waals surface area (Å²) in [6.07, 6.45) is 1.60. The number of fused-ring (bicyclic) bond motifs is 1. The van der Waals surface area contributed by atoms with Crippen LogP contribution in [0.25, 0.3) is 39.8 Å². The fourth-order valence-corrected chi connectivity index (χ4v) is 3.98. The number of ether oxygens (including phenoxy) is 1. The van der Waals surface area contributed by atoms with Gasteiger partial charge >= 0.3 is 0 Å². The van der Waals surface area contributed by atoms with Gasteiger partial charge in [-0.2, -0.15) is 15.6 Å². The zero-order valence-corrected chi connectivity index (χ0v) is 19.3. The molecular weight excluding hydrogens is 450 g/mol. The molecule has 0 aliphatic rings. The van der Waals surface area contributed by atoms with Crippen molar-refractivity contribution in [3.8, 4) is 46.2 Å². The standard InChI is InChI=1S/C29H19N5O2/c1-36-27-15-19(12-13-26(27)35)14-22(17-30)28-23(18-31)29-32-24(20-8-4-2-5-9-20)16-25(34(29)33-28)21-10-6-3-7-11-21/h2-16,35H,1H3. The number of hydrogen-bond acceptors (Lipinski definition) is 6. The van der Waals surface area contributed by atoms with Crippen LogP contribution in [0.15, 0.2) is 84.9 Å². The van der Waals surface area contributed by atoms with E-state index in [9.17, 15) is 15.6 Å². The number of hydrogen-bond donors (Lipinski definition) is 1. The van der Waals surface area contributed by atoms with Crippen molar-refractivity contribution in [3.63, 3.8) is 0 Å². The Bertz CT molecular complexity index is 1690. The van der Waals surface area contributed by atoms with E-state index in [1.165, 1.54) is 13.2 Å². The summed E-state index contributed by atoms with van der Waals surface area (Å²) in [6.45, 7) is 0. The first-order valence-corrected chi connectivity index (χ1v) is 11.1. The summed E-state index contributed by atoms with van der Waals surface area (Å²) in [5.41, 5.74) is 4.81. The van der Waals surface area contributed by atoms with Crippen molar-refractivity contribution in [3.05, 3.63) is 102 Å². The van der Waals surface area contributed by atoms with Gasteiger partial charge in [0, 0.05) is 11.1 Å². The molecule has 36 heavy (non-hydrogen) atoms. The average Bonchev–Trinajstić information content (AvgIpc) is 3.31. The smallest absolute Gasteiger partial charge is 0.174 e. The summed E-state index contributed by atoms with van der Waals surface area (Å²) in [4.78, 5) is 4.77. The molecule has 3 aromatic carbocycles. The molecule has 0 unspecified atom stereocenters. The van der Waals surface area contributed by atoms with Crippen molar-refractivity contribution in [1.29, 1.82) is 10.5 Å². The van der Waals surface area contributed by atoms with E-state index in [-0.39, 0.29) is 28.3 Å². The number of benzene rings is 3. The Labute approximate surface area is 207 Å². The lowest BCUT2D eigenvalue weighted by atomic mass is 10.1. The third kappa shape index (κ3) is 4.02. The average molecular weight is 470 g/mol. The van der Waals surface area contributed by atoms with E-state index in [0.717, 1.165) is 16.8 Å². The molecule has 5 rings (SSSR count). The molecule has 2 heterocycles. The fourth-order valence-electron chi connectivity index (χ4n) is 3.98. The Morgan fingerprint density at radius 2 is 1.64 bits per heavy atom. The highest BCUT2D eigenvalue weighted by atomic mass is 16.5. The van der Waals surface area contributed by atoms with Crippen LogP contribution in [0.5, 0.6) is 11.5 Å². The lowest BCUT2D eigenvalue weighted by Crippen LogP contribution is -1.99. The molecule has 1 N–H and O–H groups in total. The van der Waals surface area contributed by atoms with Crippen LogP contribution in [-0.2, 0) is 0 Å². The number of nitrogens with zero attached hydrogens (tertiary/aromatic N) is 5. The maximum absolute atomic E-state index is 10.1. The summed E-state index contributed by atoms with van der Waals surface area (Å²) in [5, 5.41) is 34.7. The third-order valence-electron chi connectivity index (χ3n) is 5.73.